The number of aromatic nitrogens is 1. The summed E-state index contributed by atoms with van der Waals surface area (Å²) in [7, 11) is 0. The number of nitrogens with one attached hydrogen (secondary N) is 1. The van der Waals surface area contributed by atoms with Gasteiger partial charge in [0.15, 0.2) is 0 Å². The van der Waals surface area contributed by atoms with Crippen molar-refractivity contribution in [1.82, 2.24) is 9.88 Å². The van der Waals surface area contributed by atoms with Crippen LogP contribution < -0.4 is 5.32 Å². The predicted molar refractivity (Wildman–Crippen MR) is 103 cm³/mol. The summed E-state index contributed by atoms with van der Waals surface area (Å²) < 4.78 is 5.39. The average Bonchev–Trinajstić information content (AvgIpc) is 2.70. The van der Waals surface area contributed by atoms with Crippen LogP contribution in [0.3, 0.4) is 0 Å². The fraction of sp³-hybridized carbons (Fsp3) is 0.381. The molecule has 2 aromatic rings. The van der Waals surface area contributed by atoms with Gasteiger partial charge in [-0.25, -0.2) is 4.98 Å². The van der Waals surface area contributed by atoms with Crippen LogP contribution in [0.15, 0.2) is 54.7 Å². The number of anilines is 1. The summed E-state index contributed by atoms with van der Waals surface area (Å²) in [5.41, 5.74) is 0.353. The van der Waals surface area contributed by atoms with Crippen LogP contribution in [0, 0.1) is 0 Å². The zero-order chi connectivity index (χ0) is 19.1. The van der Waals surface area contributed by atoms with Gasteiger partial charge in [-0.3, -0.25) is 14.5 Å². The summed E-state index contributed by atoms with van der Waals surface area (Å²) in [6, 6.07) is 15.2. The van der Waals surface area contributed by atoms with Gasteiger partial charge in [0.25, 0.3) is 0 Å². The lowest BCUT2D eigenvalue weighted by Gasteiger charge is -2.40. The minimum absolute atomic E-state index is 0.1000. The number of carbonyl (C=O) groups is 2. The molecule has 0 bridgehead atoms. The van der Waals surface area contributed by atoms with Crippen molar-refractivity contribution in [2.75, 3.05) is 31.6 Å². The van der Waals surface area contributed by atoms with Gasteiger partial charge in [-0.05, 0) is 37.5 Å². The molecule has 1 aliphatic rings. The Morgan fingerprint density at radius 2 is 1.81 bits per heavy atom. The number of esters is 1. The molecular weight excluding hydrogens is 342 g/mol. The van der Waals surface area contributed by atoms with E-state index in [0.29, 0.717) is 38.4 Å². The van der Waals surface area contributed by atoms with Crippen molar-refractivity contribution in [2.45, 2.75) is 25.2 Å². The third kappa shape index (κ3) is 4.52. The summed E-state index contributed by atoms with van der Waals surface area (Å²) in [5.74, 6) is 0.274. The minimum atomic E-state index is -0.634. The van der Waals surface area contributed by atoms with E-state index < -0.39 is 5.41 Å². The van der Waals surface area contributed by atoms with Crippen LogP contribution in [0.2, 0.25) is 0 Å². The van der Waals surface area contributed by atoms with E-state index in [9.17, 15) is 9.59 Å². The standard InChI is InChI=1S/C21H25N3O3/c1-2-27-20(26)21(17-8-4-3-5-9-17)11-14-24(15-12-21)16-19(25)23-18-10-6-7-13-22-18/h3-10,13H,2,11-12,14-16H2,1H3,(H,22,23,25). The quantitative estimate of drug-likeness (QED) is 0.795. The number of piperidine rings is 1. The molecule has 0 saturated carbocycles. The van der Waals surface area contributed by atoms with E-state index in [1.807, 2.05) is 43.3 Å². The van der Waals surface area contributed by atoms with Gasteiger partial charge in [0.1, 0.15) is 5.82 Å². The van der Waals surface area contributed by atoms with E-state index >= 15 is 0 Å². The van der Waals surface area contributed by atoms with Crippen LogP contribution >= 0.6 is 0 Å². The van der Waals surface area contributed by atoms with Crippen LogP contribution in [-0.2, 0) is 19.7 Å². The topological polar surface area (TPSA) is 71.5 Å². The Morgan fingerprint density at radius 1 is 1.11 bits per heavy atom. The highest BCUT2D eigenvalue weighted by Crippen LogP contribution is 2.36. The first kappa shape index (κ1) is 19.0. The van der Waals surface area contributed by atoms with Crippen molar-refractivity contribution in [2.24, 2.45) is 0 Å². The molecule has 3 rings (SSSR count). The third-order valence-corrected chi connectivity index (χ3v) is 5.00. The van der Waals surface area contributed by atoms with E-state index in [-0.39, 0.29) is 18.4 Å². The van der Waals surface area contributed by atoms with E-state index in [2.05, 4.69) is 15.2 Å². The Morgan fingerprint density at radius 3 is 2.44 bits per heavy atom. The highest BCUT2D eigenvalue weighted by molar-refractivity contribution is 5.91. The summed E-state index contributed by atoms with van der Waals surface area (Å²) in [6.07, 6.45) is 2.91. The molecule has 0 spiro atoms. The first-order valence-electron chi connectivity index (χ1n) is 9.30. The zero-order valence-electron chi connectivity index (χ0n) is 15.6. The summed E-state index contributed by atoms with van der Waals surface area (Å²) in [5, 5.41) is 2.80. The van der Waals surface area contributed by atoms with Gasteiger partial charge in [-0.1, -0.05) is 36.4 Å². The monoisotopic (exact) mass is 367 g/mol. The first-order chi connectivity index (χ1) is 13.1. The highest BCUT2D eigenvalue weighted by Gasteiger charge is 2.44. The number of ether oxygens (including phenoxy) is 1. The van der Waals surface area contributed by atoms with Crippen LogP contribution in [0.25, 0.3) is 0 Å². The number of nitrogens with zero attached hydrogens (tertiary/aromatic N) is 2. The Labute approximate surface area is 159 Å². The number of benzene rings is 1. The summed E-state index contributed by atoms with van der Waals surface area (Å²) >= 11 is 0. The van der Waals surface area contributed by atoms with Gasteiger partial charge in [0.05, 0.1) is 18.6 Å². The molecule has 1 amide bonds. The van der Waals surface area contributed by atoms with Crippen molar-refractivity contribution < 1.29 is 14.3 Å². The van der Waals surface area contributed by atoms with Gasteiger partial charge in [0.2, 0.25) is 5.91 Å². The van der Waals surface area contributed by atoms with Crippen molar-refractivity contribution >= 4 is 17.7 Å². The molecule has 6 nitrogen and oxygen atoms in total. The normalized spacial score (nSPS) is 16.5. The van der Waals surface area contributed by atoms with Crippen LogP contribution in [0.1, 0.15) is 25.3 Å². The minimum Gasteiger partial charge on any atom is -0.465 e. The Kier molecular flexibility index (Phi) is 6.19. The van der Waals surface area contributed by atoms with Crippen molar-refractivity contribution in [3.8, 4) is 0 Å². The highest BCUT2D eigenvalue weighted by atomic mass is 16.5. The lowest BCUT2D eigenvalue weighted by Crippen LogP contribution is -2.49. The molecule has 1 saturated heterocycles. The Bertz CT molecular complexity index is 757. The molecule has 1 aromatic heterocycles. The molecule has 1 fully saturated rings. The largest absolute Gasteiger partial charge is 0.465 e. The summed E-state index contributed by atoms with van der Waals surface area (Å²) in [4.78, 5) is 31.2. The SMILES string of the molecule is CCOC(=O)C1(c2ccccc2)CCN(CC(=O)Nc2ccccn2)CC1. The number of hydrogen-bond acceptors (Lipinski definition) is 5. The molecule has 2 heterocycles. The summed E-state index contributed by atoms with van der Waals surface area (Å²) in [6.45, 7) is 3.79. The molecular formula is C21H25N3O3. The van der Waals surface area contributed by atoms with Crippen molar-refractivity contribution in [3.05, 3.63) is 60.3 Å². The Hall–Kier alpha value is -2.73. The molecule has 27 heavy (non-hydrogen) atoms. The lowest BCUT2D eigenvalue weighted by atomic mass is 9.72. The van der Waals surface area contributed by atoms with E-state index in [0.717, 1.165) is 5.56 Å². The molecule has 1 aliphatic heterocycles. The van der Waals surface area contributed by atoms with E-state index in [4.69, 9.17) is 4.74 Å². The fourth-order valence-corrected chi connectivity index (χ4v) is 3.55. The van der Waals surface area contributed by atoms with E-state index in [1.165, 1.54) is 0 Å². The maximum Gasteiger partial charge on any atom is 0.316 e. The Balaban J connectivity index is 1.64. The smallest absolute Gasteiger partial charge is 0.316 e. The molecule has 0 unspecified atom stereocenters. The number of pyridine rings is 1. The van der Waals surface area contributed by atoms with Gasteiger partial charge < -0.3 is 10.1 Å². The molecule has 6 heteroatoms. The van der Waals surface area contributed by atoms with E-state index in [1.54, 1.807) is 18.3 Å². The number of amides is 1. The number of hydrogen-bond donors (Lipinski definition) is 1. The fourth-order valence-electron chi connectivity index (χ4n) is 3.55. The second-order valence-corrected chi connectivity index (χ2v) is 6.71. The molecule has 0 radical (unpaired) electrons. The average molecular weight is 367 g/mol. The number of rotatable bonds is 6. The second kappa shape index (κ2) is 8.77. The maximum absolute atomic E-state index is 12.8. The molecule has 142 valence electrons. The van der Waals surface area contributed by atoms with Crippen molar-refractivity contribution in [1.29, 1.82) is 0 Å². The number of likely N-dealkylation sites (tertiary alicyclic amines) is 1. The third-order valence-electron chi connectivity index (χ3n) is 5.00. The van der Waals surface area contributed by atoms with Gasteiger partial charge in [-0.2, -0.15) is 0 Å². The maximum atomic E-state index is 12.8. The van der Waals surface area contributed by atoms with Gasteiger partial charge >= 0.3 is 5.97 Å². The van der Waals surface area contributed by atoms with Gasteiger partial charge in [0, 0.05) is 19.3 Å². The van der Waals surface area contributed by atoms with Crippen LogP contribution in [-0.4, -0.2) is 48.0 Å². The molecule has 1 N–H and O–H groups in total. The molecule has 0 atom stereocenters. The first-order valence-corrected chi connectivity index (χ1v) is 9.30. The van der Waals surface area contributed by atoms with Crippen LogP contribution in [0.5, 0.6) is 0 Å². The number of carbonyl (C=O) groups excluding carboxylic acids is 2. The van der Waals surface area contributed by atoms with Crippen molar-refractivity contribution in [3.63, 3.8) is 0 Å². The predicted octanol–water partition coefficient (Wildman–Crippen LogP) is 2.62. The lowest BCUT2D eigenvalue weighted by molar-refractivity contribution is -0.152. The van der Waals surface area contributed by atoms with Crippen LogP contribution in [0.4, 0.5) is 5.82 Å². The molecule has 1 aromatic carbocycles. The molecule has 0 aliphatic carbocycles. The van der Waals surface area contributed by atoms with Gasteiger partial charge in [-0.15, -0.1) is 0 Å². The zero-order valence-corrected chi connectivity index (χ0v) is 15.6. The second-order valence-electron chi connectivity index (χ2n) is 6.71.